The highest BCUT2D eigenvalue weighted by atomic mass is 16.5. The maximum absolute atomic E-state index is 13.5. The third kappa shape index (κ3) is 1.77. The summed E-state index contributed by atoms with van der Waals surface area (Å²) in [6, 6.07) is 5.99. The van der Waals surface area contributed by atoms with Crippen molar-refractivity contribution >= 4 is 11.7 Å². The van der Waals surface area contributed by atoms with Gasteiger partial charge in [0, 0.05) is 43.2 Å². The molecule has 5 nitrogen and oxygen atoms in total. The van der Waals surface area contributed by atoms with Gasteiger partial charge in [-0.2, -0.15) is 0 Å². The van der Waals surface area contributed by atoms with Crippen molar-refractivity contribution in [1.29, 1.82) is 0 Å². The molecule has 2 saturated carbocycles. The third-order valence-corrected chi connectivity index (χ3v) is 8.08. The van der Waals surface area contributed by atoms with Crippen molar-refractivity contribution in [1.82, 2.24) is 9.88 Å². The van der Waals surface area contributed by atoms with Crippen LogP contribution in [0.5, 0.6) is 0 Å². The molecule has 1 amide bonds. The van der Waals surface area contributed by atoms with Crippen molar-refractivity contribution in [2.24, 2.45) is 16.7 Å². The molecular weight excluding hydrogens is 314 g/mol. The number of ether oxygens (including phenoxy) is 1. The van der Waals surface area contributed by atoms with E-state index in [0.29, 0.717) is 5.92 Å². The Balaban J connectivity index is 1.34. The van der Waals surface area contributed by atoms with Gasteiger partial charge < -0.3 is 14.5 Å². The van der Waals surface area contributed by atoms with Gasteiger partial charge in [-0.05, 0) is 37.3 Å². The number of rotatable bonds is 2. The lowest BCUT2D eigenvalue weighted by atomic mass is 9.66. The number of amides is 1. The summed E-state index contributed by atoms with van der Waals surface area (Å²) in [5.74, 6) is 1.91. The highest BCUT2D eigenvalue weighted by molar-refractivity contribution is 5.88. The van der Waals surface area contributed by atoms with Gasteiger partial charge in [-0.1, -0.05) is 19.9 Å². The lowest BCUT2D eigenvalue weighted by molar-refractivity contribution is -0.167. The van der Waals surface area contributed by atoms with Crippen molar-refractivity contribution in [2.75, 3.05) is 37.7 Å². The van der Waals surface area contributed by atoms with E-state index in [-0.39, 0.29) is 16.7 Å². The minimum absolute atomic E-state index is 0.0138. The van der Waals surface area contributed by atoms with Gasteiger partial charge in [0.1, 0.15) is 5.82 Å². The lowest BCUT2D eigenvalue weighted by Gasteiger charge is -2.45. The number of hydrogen-bond donors (Lipinski definition) is 0. The molecular formula is C20H27N3O2. The lowest BCUT2D eigenvalue weighted by Crippen LogP contribution is -2.60. The van der Waals surface area contributed by atoms with Gasteiger partial charge in [-0.15, -0.1) is 0 Å². The summed E-state index contributed by atoms with van der Waals surface area (Å²) in [6.07, 6.45) is 5.15. The Bertz CT molecular complexity index is 702. The largest absolute Gasteiger partial charge is 0.364 e. The average Bonchev–Trinajstić information content (AvgIpc) is 3.13. The molecule has 4 fully saturated rings. The number of hydrogen-bond acceptors (Lipinski definition) is 4. The van der Waals surface area contributed by atoms with Gasteiger partial charge >= 0.3 is 0 Å². The second-order valence-corrected chi connectivity index (χ2v) is 8.77. The first-order valence-electron chi connectivity index (χ1n) is 9.60. The highest BCUT2D eigenvalue weighted by Crippen LogP contribution is 2.75. The Hall–Kier alpha value is -1.62. The minimum atomic E-state index is -0.558. The molecule has 0 spiro atoms. The van der Waals surface area contributed by atoms with E-state index in [1.165, 1.54) is 6.42 Å². The van der Waals surface area contributed by atoms with Crippen LogP contribution in [0, 0.1) is 16.7 Å². The highest BCUT2D eigenvalue weighted by Gasteiger charge is 2.78. The van der Waals surface area contributed by atoms with E-state index in [4.69, 9.17) is 4.74 Å². The summed E-state index contributed by atoms with van der Waals surface area (Å²) in [7, 11) is 0. The van der Waals surface area contributed by atoms with Crippen LogP contribution in [0.4, 0.5) is 5.82 Å². The second-order valence-electron chi connectivity index (χ2n) is 8.77. The van der Waals surface area contributed by atoms with Gasteiger partial charge in [-0.3, -0.25) is 4.79 Å². The molecule has 0 unspecified atom stereocenters. The van der Waals surface area contributed by atoms with E-state index in [9.17, 15) is 4.79 Å². The molecule has 4 bridgehead atoms. The van der Waals surface area contributed by atoms with E-state index in [0.717, 1.165) is 51.4 Å². The molecule has 2 aliphatic heterocycles. The summed E-state index contributed by atoms with van der Waals surface area (Å²) in [6.45, 7) is 8.64. The summed E-state index contributed by atoms with van der Waals surface area (Å²) in [5, 5.41) is 0. The molecule has 1 aromatic heterocycles. The van der Waals surface area contributed by atoms with Gasteiger partial charge in [0.15, 0.2) is 5.60 Å². The Labute approximate surface area is 149 Å². The Morgan fingerprint density at radius 2 is 2.04 bits per heavy atom. The number of carbonyl (C=O) groups excluding carboxylic acids is 1. The summed E-state index contributed by atoms with van der Waals surface area (Å²) < 4.78 is 6.29. The van der Waals surface area contributed by atoms with Crippen LogP contribution in [0.3, 0.4) is 0 Å². The van der Waals surface area contributed by atoms with E-state index in [2.05, 4.69) is 28.6 Å². The fourth-order valence-electron chi connectivity index (χ4n) is 6.17. The normalized spacial score (nSPS) is 42.2. The molecule has 0 N–H and O–H groups in total. The van der Waals surface area contributed by atoms with Crippen LogP contribution < -0.4 is 4.90 Å². The van der Waals surface area contributed by atoms with Gasteiger partial charge in [-0.25, -0.2) is 4.98 Å². The molecule has 5 heteroatoms. The third-order valence-electron chi connectivity index (χ3n) is 8.08. The smallest absolute Gasteiger partial charge is 0.255 e. The molecule has 1 aromatic rings. The van der Waals surface area contributed by atoms with Crippen LogP contribution in [-0.4, -0.2) is 54.2 Å². The second kappa shape index (κ2) is 4.97. The SMILES string of the molecule is C[C@]12CC[C@@H]3C[C@@]1(C(=O)N1CCN(c4ccccn4)CC1)OC[C@@]32C. The number of nitrogens with zero attached hydrogens (tertiary/aromatic N) is 3. The Morgan fingerprint density at radius 3 is 2.68 bits per heavy atom. The first-order chi connectivity index (χ1) is 12.0. The van der Waals surface area contributed by atoms with E-state index < -0.39 is 5.60 Å². The first kappa shape index (κ1) is 15.6. The predicted molar refractivity (Wildman–Crippen MR) is 95.3 cm³/mol. The van der Waals surface area contributed by atoms with Crippen LogP contribution in [0.15, 0.2) is 24.4 Å². The molecule has 4 atom stereocenters. The zero-order valence-corrected chi connectivity index (χ0v) is 15.2. The molecule has 134 valence electrons. The molecule has 25 heavy (non-hydrogen) atoms. The molecule has 3 heterocycles. The van der Waals surface area contributed by atoms with Crippen molar-refractivity contribution in [3.05, 3.63) is 24.4 Å². The minimum Gasteiger partial charge on any atom is -0.364 e. The Kier molecular flexibility index (Phi) is 3.10. The van der Waals surface area contributed by atoms with Crippen molar-refractivity contribution in [3.8, 4) is 0 Å². The van der Waals surface area contributed by atoms with Crippen LogP contribution in [0.2, 0.25) is 0 Å². The maximum Gasteiger partial charge on any atom is 0.255 e. The van der Waals surface area contributed by atoms with Gasteiger partial charge in [0.05, 0.1) is 6.61 Å². The van der Waals surface area contributed by atoms with Crippen LogP contribution in [-0.2, 0) is 9.53 Å². The molecule has 0 aromatic carbocycles. The number of piperazine rings is 1. The summed E-state index contributed by atoms with van der Waals surface area (Å²) >= 11 is 0. The molecule has 2 saturated heterocycles. The van der Waals surface area contributed by atoms with Crippen LogP contribution in [0.25, 0.3) is 0 Å². The van der Waals surface area contributed by atoms with E-state index >= 15 is 0 Å². The average molecular weight is 341 g/mol. The zero-order chi connectivity index (χ0) is 17.3. The number of aromatic nitrogens is 1. The molecule has 4 aliphatic rings. The van der Waals surface area contributed by atoms with E-state index in [1.54, 1.807) is 0 Å². The quantitative estimate of drug-likeness (QED) is 0.828. The Morgan fingerprint density at radius 1 is 1.24 bits per heavy atom. The van der Waals surface area contributed by atoms with Crippen molar-refractivity contribution < 1.29 is 9.53 Å². The zero-order valence-electron chi connectivity index (χ0n) is 15.2. The van der Waals surface area contributed by atoms with Crippen LogP contribution >= 0.6 is 0 Å². The van der Waals surface area contributed by atoms with Crippen molar-refractivity contribution in [2.45, 2.75) is 38.7 Å². The fourth-order valence-corrected chi connectivity index (χ4v) is 6.17. The standard InChI is InChI=1S/C20H27N3O2/c1-18-14-25-20(13-15(18)6-7-19(18,20)2)17(24)23-11-9-22(10-12-23)16-5-3-4-8-21-16/h3-5,8,15H,6-7,9-14H2,1-2H3/t15-,18+,19-,20+/m1/s1. The van der Waals surface area contributed by atoms with Crippen LogP contribution in [0.1, 0.15) is 33.1 Å². The number of anilines is 1. The predicted octanol–water partition coefficient (Wildman–Crippen LogP) is 2.33. The fraction of sp³-hybridized carbons (Fsp3) is 0.700. The molecule has 0 radical (unpaired) electrons. The van der Waals surface area contributed by atoms with Gasteiger partial charge in [0.25, 0.3) is 5.91 Å². The summed E-state index contributed by atoms with van der Waals surface area (Å²) in [4.78, 5) is 22.3. The molecule has 2 aliphatic carbocycles. The van der Waals surface area contributed by atoms with E-state index in [1.807, 2.05) is 24.4 Å². The first-order valence-corrected chi connectivity index (χ1v) is 9.60. The van der Waals surface area contributed by atoms with Crippen molar-refractivity contribution in [3.63, 3.8) is 0 Å². The number of carbonyl (C=O) groups is 1. The summed E-state index contributed by atoms with van der Waals surface area (Å²) in [5.41, 5.74) is -0.351. The monoisotopic (exact) mass is 341 g/mol. The maximum atomic E-state index is 13.5. The number of pyridine rings is 1. The van der Waals surface area contributed by atoms with Gasteiger partial charge in [0.2, 0.25) is 0 Å². The molecule has 5 rings (SSSR count). The topological polar surface area (TPSA) is 45.7 Å².